The van der Waals surface area contributed by atoms with Gasteiger partial charge in [0.25, 0.3) is 5.69 Å². The lowest BCUT2D eigenvalue weighted by atomic mass is 10.0. The number of nitro groups is 1. The molecule has 0 saturated carbocycles. The van der Waals surface area contributed by atoms with E-state index in [4.69, 9.17) is 0 Å². The summed E-state index contributed by atoms with van der Waals surface area (Å²) in [6.45, 7) is 1.97. The number of rotatable bonds is 5. The normalized spacial score (nSPS) is 10.7. The number of nitro benzene ring substituents is 1. The van der Waals surface area contributed by atoms with Crippen LogP contribution in [-0.2, 0) is 0 Å². The van der Waals surface area contributed by atoms with Crippen molar-refractivity contribution in [2.45, 2.75) is 6.92 Å². The number of aromatic nitrogens is 2. The lowest BCUT2D eigenvalue weighted by Gasteiger charge is -2.09. The minimum Gasteiger partial charge on any atom is -0.478 e. The summed E-state index contributed by atoms with van der Waals surface area (Å²) in [7, 11) is 0. The molecule has 0 atom stereocenters. The van der Waals surface area contributed by atoms with E-state index in [0.717, 1.165) is 11.3 Å². The van der Waals surface area contributed by atoms with Crippen molar-refractivity contribution < 1.29 is 14.8 Å². The number of aromatic carboxylic acids is 1. The first-order chi connectivity index (χ1) is 14.5. The molecule has 0 aliphatic heterocycles. The van der Waals surface area contributed by atoms with E-state index in [0.29, 0.717) is 16.8 Å². The van der Waals surface area contributed by atoms with E-state index in [2.05, 4.69) is 5.10 Å². The number of carboxylic acid groups (broad SMARTS) is 1. The minimum absolute atomic E-state index is 0.0376. The minimum atomic E-state index is -1.12. The van der Waals surface area contributed by atoms with Crippen LogP contribution < -0.4 is 0 Å². The maximum absolute atomic E-state index is 12.3. The SMILES string of the molecule is Cc1ccc(-n2nc(-c3ccc([N+](=O)[O-])cc3)c(C(=O)O)c2-c2ccccc2)cc1. The van der Waals surface area contributed by atoms with Crippen molar-refractivity contribution in [1.82, 2.24) is 9.78 Å². The third-order valence-corrected chi connectivity index (χ3v) is 4.78. The van der Waals surface area contributed by atoms with Crippen molar-refractivity contribution in [2.24, 2.45) is 0 Å². The van der Waals surface area contributed by atoms with Crippen LogP contribution in [0.4, 0.5) is 5.69 Å². The summed E-state index contributed by atoms with van der Waals surface area (Å²) >= 11 is 0. The highest BCUT2D eigenvalue weighted by Crippen LogP contribution is 2.35. The summed E-state index contributed by atoms with van der Waals surface area (Å²) in [6, 6.07) is 22.5. The first-order valence-electron chi connectivity index (χ1n) is 9.19. The average molecular weight is 399 g/mol. The number of carboxylic acids is 1. The van der Waals surface area contributed by atoms with E-state index < -0.39 is 10.9 Å². The molecule has 0 aliphatic carbocycles. The lowest BCUT2D eigenvalue weighted by molar-refractivity contribution is -0.384. The van der Waals surface area contributed by atoms with Gasteiger partial charge in [0.05, 0.1) is 16.3 Å². The molecule has 30 heavy (non-hydrogen) atoms. The van der Waals surface area contributed by atoms with Gasteiger partial charge in [0, 0.05) is 23.3 Å². The summed E-state index contributed by atoms with van der Waals surface area (Å²) < 4.78 is 1.61. The second-order valence-corrected chi connectivity index (χ2v) is 6.79. The molecule has 0 amide bonds. The van der Waals surface area contributed by atoms with Crippen LogP contribution in [0.2, 0.25) is 0 Å². The molecule has 0 spiro atoms. The Morgan fingerprint density at radius 2 is 1.57 bits per heavy atom. The maximum atomic E-state index is 12.3. The first kappa shape index (κ1) is 19.1. The smallest absolute Gasteiger partial charge is 0.340 e. The number of non-ortho nitro benzene ring substituents is 1. The molecule has 148 valence electrons. The van der Waals surface area contributed by atoms with Crippen molar-refractivity contribution in [2.75, 3.05) is 0 Å². The van der Waals surface area contributed by atoms with E-state index in [9.17, 15) is 20.0 Å². The highest BCUT2D eigenvalue weighted by molar-refractivity contribution is 6.02. The van der Waals surface area contributed by atoms with Gasteiger partial charge in [0.15, 0.2) is 0 Å². The van der Waals surface area contributed by atoms with E-state index in [1.165, 1.54) is 24.3 Å². The molecule has 4 rings (SSSR count). The Balaban J connectivity index is 2.00. The number of aryl methyl sites for hydroxylation is 1. The van der Waals surface area contributed by atoms with Crippen LogP contribution in [0.15, 0.2) is 78.9 Å². The van der Waals surface area contributed by atoms with Gasteiger partial charge in [-0.15, -0.1) is 0 Å². The molecule has 0 unspecified atom stereocenters. The van der Waals surface area contributed by atoms with Crippen LogP contribution in [0.1, 0.15) is 15.9 Å². The molecule has 1 heterocycles. The summed E-state index contributed by atoms with van der Waals surface area (Å²) in [5.74, 6) is -1.12. The van der Waals surface area contributed by atoms with E-state index in [-0.39, 0.29) is 16.9 Å². The van der Waals surface area contributed by atoms with Crippen molar-refractivity contribution in [1.29, 1.82) is 0 Å². The van der Waals surface area contributed by atoms with Gasteiger partial charge in [-0.25, -0.2) is 9.48 Å². The fourth-order valence-electron chi connectivity index (χ4n) is 3.30. The molecule has 0 bridgehead atoms. The summed E-state index contributed by atoms with van der Waals surface area (Å²) in [5.41, 5.74) is 3.64. The molecule has 0 radical (unpaired) electrons. The van der Waals surface area contributed by atoms with Gasteiger partial charge in [-0.3, -0.25) is 10.1 Å². The fraction of sp³-hybridized carbons (Fsp3) is 0.0435. The number of hydrogen-bond donors (Lipinski definition) is 1. The van der Waals surface area contributed by atoms with Gasteiger partial charge in [-0.05, 0) is 31.2 Å². The molecule has 0 saturated heterocycles. The van der Waals surface area contributed by atoms with Crippen LogP contribution in [-0.4, -0.2) is 25.8 Å². The van der Waals surface area contributed by atoms with E-state index in [1.54, 1.807) is 4.68 Å². The molecule has 3 aromatic carbocycles. The summed E-state index contributed by atoms with van der Waals surface area (Å²) in [5, 5.41) is 25.6. The first-order valence-corrected chi connectivity index (χ1v) is 9.19. The van der Waals surface area contributed by atoms with Crippen molar-refractivity contribution in [3.63, 3.8) is 0 Å². The average Bonchev–Trinajstić information content (AvgIpc) is 3.16. The van der Waals surface area contributed by atoms with Crippen LogP contribution in [0.5, 0.6) is 0 Å². The highest BCUT2D eigenvalue weighted by atomic mass is 16.6. The monoisotopic (exact) mass is 399 g/mol. The fourth-order valence-corrected chi connectivity index (χ4v) is 3.30. The van der Waals surface area contributed by atoms with E-state index in [1.807, 2.05) is 61.5 Å². The molecule has 1 aromatic heterocycles. The molecule has 0 fully saturated rings. The molecule has 0 aliphatic rings. The largest absolute Gasteiger partial charge is 0.478 e. The molecule has 7 nitrogen and oxygen atoms in total. The zero-order valence-electron chi connectivity index (χ0n) is 16.0. The van der Waals surface area contributed by atoms with Crippen LogP contribution >= 0.6 is 0 Å². The Morgan fingerprint density at radius 3 is 2.13 bits per heavy atom. The van der Waals surface area contributed by atoms with Gasteiger partial charge in [0.1, 0.15) is 11.3 Å². The highest BCUT2D eigenvalue weighted by Gasteiger charge is 2.26. The van der Waals surface area contributed by atoms with Crippen molar-refractivity contribution in [3.8, 4) is 28.2 Å². The molecular formula is C23H17N3O4. The van der Waals surface area contributed by atoms with Crippen molar-refractivity contribution in [3.05, 3.63) is 100 Å². The number of carbonyl (C=O) groups is 1. The quantitative estimate of drug-likeness (QED) is 0.371. The Bertz CT molecular complexity index is 1230. The molecule has 1 N–H and O–H groups in total. The third kappa shape index (κ3) is 3.44. The zero-order chi connectivity index (χ0) is 21.3. The predicted molar refractivity (Wildman–Crippen MR) is 113 cm³/mol. The van der Waals surface area contributed by atoms with Gasteiger partial charge < -0.3 is 5.11 Å². The van der Waals surface area contributed by atoms with Gasteiger partial charge >= 0.3 is 5.97 Å². The van der Waals surface area contributed by atoms with Gasteiger partial charge in [-0.1, -0.05) is 48.0 Å². The second-order valence-electron chi connectivity index (χ2n) is 6.79. The second kappa shape index (κ2) is 7.63. The zero-order valence-corrected chi connectivity index (χ0v) is 16.0. The maximum Gasteiger partial charge on any atom is 0.340 e. The Hall–Kier alpha value is -4.26. The molecule has 7 heteroatoms. The van der Waals surface area contributed by atoms with Crippen LogP contribution in [0, 0.1) is 17.0 Å². The van der Waals surface area contributed by atoms with Crippen LogP contribution in [0.3, 0.4) is 0 Å². The third-order valence-electron chi connectivity index (χ3n) is 4.78. The Morgan fingerprint density at radius 1 is 0.933 bits per heavy atom. The topological polar surface area (TPSA) is 98.3 Å². The molecular weight excluding hydrogens is 382 g/mol. The summed E-state index contributed by atoms with van der Waals surface area (Å²) in [6.07, 6.45) is 0. The standard InChI is InChI=1S/C23H17N3O4/c1-15-7-11-18(12-8-15)25-22(17-5-3-2-4-6-17)20(23(27)28)21(24-25)16-9-13-19(14-10-16)26(29)30/h2-14H,1H3,(H,27,28). The predicted octanol–water partition coefficient (Wildman–Crippen LogP) is 5.12. The Kier molecular flexibility index (Phi) is 4.85. The summed E-state index contributed by atoms with van der Waals surface area (Å²) in [4.78, 5) is 22.8. The number of benzene rings is 3. The van der Waals surface area contributed by atoms with Gasteiger partial charge in [-0.2, -0.15) is 5.10 Å². The van der Waals surface area contributed by atoms with Crippen LogP contribution in [0.25, 0.3) is 28.2 Å². The lowest BCUT2D eigenvalue weighted by Crippen LogP contribution is -2.03. The van der Waals surface area contributed by atoms with Crippen molar-refractivity contribution >= 4 is 11.7 Å². The van der Waals surface area contributed by atoms with E-state index >= 15 is 0 Å². The number of nitrogens with zero attached hydrogens (tertiary/aromatic N) is 3. The van der Waals surface area contributed by atoms with Gasteiger partial charge in [0.2, 0.25) is 0 Å². The molecule has 4 aromatic rings. The Labute approximate surface area is 172 Å². The number of hydrogen-bond acceptors (Lipinski definition) is 4.